The zero-order chi connectivity index (χ0) is 10.1. The van der Waals surface area contributed by atoms with Crippen molar-refractivity contribution in [1.82, 2.24) is 4.98 Å². The number of aryl methyl sites for hydroxylation is 2. The minimum Gasteiger partial charge on any atom is -0.478 e. The van der Waals surface area contributed by atoms with E-state index in [2.05, 4.69) is 20.9 Å². The fraction of sp³-hybridized carbons (Fsp3) is 0.400. The average Bonchev–Trinajstić information content (AvgIpc) is 2.16. The van der Waals surface area contributed by atoms with Gasteiger partial charge < -0.3 is 5.11 Å². The molecule has 0 fully saturated rings. The molecule has 0 radical (unpaired) electrons. The van der Waals surface area contributed by atoms with Crippen LogP contribution in [0, 0.1) is 0 Å². The normalized spacial score (nSPS) is 14.9. The van der Waals surface area contributed by atoms with Gasteiger partial charge in [-0.05, 0) is 53.2 Å². The number of carboxylic acids is 1. The van der Waals surface area contributed by atoms with Crippen LogP contribution in [0.5, 0.6) is 0 Å². The van der Waals surface area contributed by atoms with E-state index in [1.54, 1.807) is 6.07 Å². The summed E-state index contributed by atoms with van der Waals surface area (Å²) in [6, 6.07) is 1.74. The highest BCUT2D eigenvalue weighted by Gasteiger charge is 2.16. The quantitative estimate of drug-likeness (QED) is 0.785. The lowest BCUT2D eigenvalue weighted by Crippen LogP contribution is -2.09. The van der Waals surface area contributed by atoms with E-state index in [1.807, 2.05) is 0 Å². The number of hydrogen-bond donors (Lipinski definition) is 1. The molecule has 1 aromatic rings. The first kappa shape index (κ1) is 9.65. The van der Waals surface area contributed by atoms with Crippen LogP contribution in [0.1, 0.15) is 34.5 Å². The van der Waals surface area contributed by atoms with Gasteiger partial charge in [0.1, 0.15) is 4.60 Å². The summed E-state index contributed by atoms with van der Waals surface area (Å²) in [4.78, 5) is 15.1. The second-order valence-corrected chi connectivity index (χ2v) is 4.20. The Morgan fingerprint density at radius 3 is 2.86 bits per heavy atom. The van der Waals surface area contributed by atoms with Gasteiger partial charge >= 0.3 is 5.97 Å². The van der Waals surface area contributed by atoms with Crippen molar-refractivity contribution < 1.29 is 9.90 Å². The topological polar surface area (TPSA) is 50.2 Å². The zero-order valence-electron chi connectivity index (χ0n) is 7.59. The molecule has 1 aliphatic carbocycles. The smallest absolute Gasteiger partial charge is 0.338 e. The molecule has 0 saturated carbocycles. The van der Waals surface area contributed by atoms with Crippen molar-refractivity contribution >= 4 is 21.9 Å². The molecule has 0 spiro atoms. The number of fused-ring (bicyclic) bond motifs is 1. The van der Waals surface area contributed by atoms with Gasteiger partial charge in [0.2, 0.25) is 0 Å². The van der Waals surface area contributed by atoms with Gasteiger partial charge in [-0.1, -0.05) is 0 Å². The lowest BCUT2D eigenvalue weighted by Gasteiger charge is -2.15. The van der Waals surface area contributed by atoms with Crippen molar-refractivity contribution in [3.63, 3.8) is 0 Å². The predicted octanol–water partition coefficient (Wildman–Crippen LogP) is 2.42. The molecule has 1 aliphatic rings. The molecule has 0 saturated heterocycles. The first-order valence-electron chi connectivity index (χ1n) is 4.60. The van der Waals surface area contributed by atoms with E-state index < -0.39 is 5.97 Å². The van der Waals surface area contributed by atoms with E-state index in [0.717, 1.165) is 36.9 Å². The van der Waals surface area contributed by atoms with E-state index in [4.69, 9.17) is 5.11 Å². The summed E-state index contributed by atoms with van der Waals surface area (Å²) in [5.41, 5.74) is 2.41. The highest BCUT2D eigenvalue weighted by atomic mass is 79.9. The number of hydrogen-bond acceptors (Lipinski definition) is 2. The van der Waals surface area contributed by atoms with E-state index in [1.165, 1.54) is 0 Å². The molecule has 0 aromatic carbocycles. The average molecular weight is 256 g/mol. The Kier molecular flexibility index (Phi) is 2.54. The van der Waals surface area contributed by atoms with Gasteiger partial charge in [-0.2, -0.15) is 0 Å². The molecule has 0 aliphatic heterocycles. The van der Waals surface area contributed by atoms with Crippen LogP contribution in [-0.2, 0) is 12.8 Å². The number of carbonyl (C=O) groups is 1. The fourth-order valence-corrected chi connectivity index (χ4v) is 2.26. The minimum absolute atomic E-state index is 0.269. The Labute approximate surface area is 90.3 Å². The lowest BCUT2D eigenvalue weighted by atomic mass is 9.95. The van der Waals surface area contributed by atoms with Crippen molar-refractivity contribution in [2.24, 2.45) is 0 Å². The van der Waals surface area contributed by atoms with Crippen LogP contribution in [0.3, 0.4) is 0 Å². The van der Waals surface area contributed by atoms with Crippen molar-refractivity contribution in [1.29, 1.82) is 0 Å². The SMILES string of the molecule is O=C(O)c1cc2c(nc1Br)CCCC2. The standard InChI is InChI=1S/C10H10BrNO2/c11-9-7(10(13)14)5-6-3-1-2-4-8(6)12-9/h5H,1-4H2,(H,13,14). The summed E-state index contributed by atoms with van der Waals surface area (Å²) in [5.74, 6) is -0.919. The van der Waals surface area contributed by atoms with Crippen LogP contribution in [0.25, 0.3) is 0 Å². The molecule has 14 heavy (non-hydrogen) atoms. The highest BCUT2D eigenvalue weighted by molar-refractivity contribution is 9.10. The molecule has 0 atom stereocenters. The van der Waals surface area contributed by atoms with Gasteiger partial charge in [-0.3, -0.25) is 0 Å². The van der Waals surface area contributed by atoms with Crippen LogP contribution in [0.4, 0.5) is 0 Å². The number of nitrogens with zero attached hydrogens (tertiary/aromatic N) is 1. The van der Waals surface area contributed by atoms with Crippen LogP contribution >= 0.6 is 15.9 Å². The number of pyridine rings is 1. The first-order chi connectivity index (χ1) is 6.68. The lowest BCUT2D eigenvalue weighted by molar-refractivity contribution is 0.0695. The van der Waals surface area contributed by atoms with E-state index in [-0.39, 0.29) is 5.56 Å². The summed E-state index contributed by atoms with van der Waals surface area (Å²) in [5, 5.41) is 8.90. The van der Waals surface area contributed by atoms with E-state index >= 15 is 0 Å². The Morgan fingerprint density at radius 2 is 2.14 bits per heavy atom. The maximum Gasteiger partial charge on any atom is 0.338 e. The monoisotopic (exact) mass is 255 g/mol. The predicted molar refractivity (Wildman–Crippen MR) is 55.5 cm³/mol. The third-order valence-electron chi connectivity index (χ3n) is 2.48. The molecular weight excluding hydrogens is 246 g/mol. The number of carboxylic acid groups (broad SMARTS) is 1. The molecule has 1 N–H and O–H groups in total. The van der Waals surface area contributed by atoms with Gasteiger partial charge in [-0.25, -0.2) is 9.78 Å². The second-order valence-electron chi connectivity index (χ2n) is 3.44. The number of aromatic nitrogens is 1. The van der Waals surface area contributed by atoms with Crippen molar-refractivity contribution in [2.45, 2.75) is 25.7 Å². The van der Waals surface area contributed by atoms with Gasteiger partial charge in [0.15, 0.2) is 0 Å². The largest absolute Gasteiger partial charge is 0.478 e. The Bertz CT molecular complexity index is 390. The Morgan fingerprint density at radius 1 is 1.43 bits per heavy atom. The molecule has 1 heterocycles. The third-order valence-corrected chi connectivity index (χ3v) is 3.09. The molecule has 3 nitrogen and oxygen atoms in total. The summed E-state index contributed by atoms with van der Waals surface area (Å²) in [6.45, 7) is 0. The molecule has 4 heteroatoms. The summed E-state index contributed by atoms with van der Waals surface area (Å²) < 4.78 is 0.450. The van der Waals surface area contributed by atoms with Crippen LogP contribution in [0.2, 0.25) is 0 Å². The molecule has 1 aromatic heterocycles. The van der Waals surface area contributed by atoms with Crippen LogP contribution < -0.4 is 0 Å². The van der Waals surface area contributed by atoms with E-state index in [9.17, 15) is 4.79 Å². The van der Waals surface area contributed by atoms with Crippen molar-refractivity contribution in [2.75, 3.05) is 0 Å². The second kappa shape index (κ2) is 3.69. The molecular formula is C10H10BrNO2. The van der Waals surface area contributed by atoms with Gasteiger partial charge in [0.25, 0.3) is 0 Å². The third kappa shape index (κ3) is 1.66. The molecule has 74 valence electrons. The molecule has 0 unspecified atom stereocenters. The fourth-order valence-electron chi connectivity index (χ4n) is 1.76. The van der Waals surface area contributed by atoms with Gasteiger partial charge in [0.05, 0.1) is 5.56 Å². The maximum absolute atomic E-state index is 10.8. The van der Waals surface area contributed by atoms with Gasteiger partial charge in [0, 0.05) is 5.69 Å². The van der Waals surface area contributed by atoms with Crippen LogP contribution in [0.15, 0.2) is 10.7 Å². The highest BCUT2D eigenvalue weighted by Crippen LogP contribution is 2.24. The Balaban J connectivity index is 2.50. The summed E-state index contributed by atoms with van der Waals surface area (Å²) >= 11 is 3.18. The first-order valence-corrected chi connectivity index (χ1v) is 5.39. The van der Waals surface area contributed by atoms with Gasteiger partial charge in [-0.15, -0.1) is 0 Å². The summed E-state index contributed by atoms with van der Waals surface area (Å²) in [6.07, 6.45) is 4.21. The number of aromatic carboxylic acids is 1. The maximum atomic E-state index is 10.8. The Hall–Kier alpha value is -0.900. The van der Waals surface area contributed by atoms with Crippen LogP contribution in [-0.4, -0.2) is 16.1 Å². The molecule has 0 amide bonds. The summed E-state index contributed by atoms with van der Waals surface area (Å²) in [7, 11) is 0. The van der Waals surface area contributed by atoms with Crippen molar-refractivity contribution in [3.8, 4) is 0 Å². The van der Waals surface area contributed by atoms with Crippen molar-refractivity contribution in [3.05, 3.63) is 27.5 Å². The zero-order valence-corrected chi connectivity index (χ0v) is 9.17. The number of rotatable bonds is 1. The van der Waals surface area contributed by atoms with E-state index in [0.29, 0.717) is 4.60 Å². The minimum atomic E-state index is -0.919. The number of halogens is 1. The molecule has 0 bridgehead atoms. The molecule has 2 rings (SSSR count).